The Kier molecular flexibility index (Phi) is 6.40. The van der Waals surface area contributed by atoms with Gasteiger partial charge in [-0.05, 0) is 35.9 Å². The molecule has 0 unspecified atom stereocenters. The topological polar surface area (TPSA) is 92.7 Å². The van der Waals surface area contributed by atoms with Gasteiger partial charge in [-0.2, -0.15) is 13.2 Å². The summed E-state index contributed by atoms with van der Waals surface area (Å²) >= 11 is 0. The second-order valence-corrected chi connectivity index (χ2v) is 5.84. The summed E-state index contributed by atoms with van der Waals surface area (Å²) in [5.41, 5.74) is -0.387. The number of hydrogen-bond donors (Lipinski definition) is 2. The summed E-state index contributed by atoms with van der Waals surface area (Å²) in [5, 5.41) is 11.6. The third kappa shape index (κ3) is 5.32. The van der Waals surface area contributed by atoms with Crippen molar-refractivity contribution in [1.82, 2.24) is 5.32 Å². The molecule has 2 rings (SSSR count). The maximum atomic E-state index is 12.6. The molecule has 0 spiro atoms. The molecule has 9 heteroatoms. The molecule has 0 aliphatic rings. The first-order valence-electron chi connectivity index (χ1n) is 8.00. The van der Waals surface area contributed by atoms with Gasteiger partial charge in [-0.15, -0.1) is 0 Å². The average Bonchev–Trinajstić information content (AvgIpc) is 2.66. The highest BCUT2D eigenvalue weighted by molar-refractivity contribution is 5.99. The Labute approximate surface area is 157 Å². The number of carbonyl (C=O) groups excluding carboxylic acids is 2. The van der Waals surface area contributed by atoms with Gasteiger partial charge in [-0.25, -0.2) is 9.59 Å². The van der Waals surface area contributed by atoms with Gasteiger partial charge in [-0.3, -0.25) is 4.79 Å². The Balaban J connectivity index is 2.14. The minimum Gasteiger partial charge on any atom is -0.480 e. The first-order chi connectivity index (χ1) is 13.1. The van der Waals surface area contributed by atoms with E-state index in [0.29, 0.717) is 5.56 Å². The van der Waals surface area contributed by atoms with Gasteiger partial charge in [0.05, 0.1) is 18.2 Å². The van der Waals surface area contributed by atoms with E-state index in [0.717, 1.165) is 24.3 Å². The molecule has 6 nitrogen and oxygen atoms in total. The SMILES string of the molecule is COC(=O)c1cccc(C(=O)N[C@H](Cc2ccc(C(F)(F)F)cc2)C(=O)O)c1. The molecule has 2 N–H and O–H groups in total. The number of carboxylic acids is 1. The van der Waals surface area contributed by atoms with E-state index >= 15 is 0 Å². The maximum absolute atomic E-state index is 12.6. The summed E-state index contributed by atoms with van der Waals surface area (Å²) in [6, 6.07) is 8.13. The molecule has 148 valence electrons. The fourth-order valence-corrected chi connectivity index (χ4v) is 2.41. The van der Waals surface area contributed by atoms with Crippen molar-refractivity contribution in [1.29, 1.82) is 0 Å². The van der Waals surface area contributed by atoms with Crippen LogP contribution in [0.5, 0.6) is 0 Å². The number of rotatable bonds is 6. The first kappa shape index (κ1) is 20.9. The minimum atomic E-state index is -4.50. The smallest absolute Gasteiger partial charge is 0.416 e. The molecule has 0 aliphatic heterocycles. The van der Waals surface area contributed by atoms with Crippen LogP contribution in [0.1, 0.15) is 31.8 Å². The lowest BCUT2D eigenvalue weighted by atomic mass is 10.0. The van der Waals surface area contributed by atoms with Crippen LogP contribution in [0.4, 0.5) is 13.2 Å². The number of nitrogens with one attached hydrogen (secondary N) is 1. The number of esters is 1. The van der Waals surface area contributed by atoms with Gasteiger partial charge >= 0.3 is 18.1 Å². The molecule has 0 aromatic heterocycles. The van der Waals surface area contributed by atoms with Crippen molar-refractivity contribution in [2.45, 2.75) is 18.6 Å². The number of methoxy groups -OCH3 is 1. The van der Waals surface area contributed by atoms with E-state index in [-0.39, 0.29) is 17.5 Å². The number of aliphatic carboxylic acids is 1. The Morgan fingerprint density at radius 1 is 1.07 bits per heavy atom. The highest BCUT2D eigenvalue weighted by Crippen LogP contribution is 2.29. The van der Waals surface area contributed by atoms with Crippen LogP contribution in [0.15, 0.2) is 48.5 Å². The van der Waals surface area contributed by atoms with E-state index in [2.05, 4.69) is 10.1 Å². The lowest BCUT2D eigenvalue weighted by molar-refractivity contribution is -0.139. The van der Waals surface area contributed by atoms with Crippen molar-refractivity contribution in [3.8, 4) is 0 Å². The molecule has 0 aliphatic carbocycles. The van der Waals surface area contributed by atoms with Crippen LogP contribution in [-0.4, -0.2) is 36.1 Å². The predicted molar refractivity (Wildman–Crippen MR) is 91.8 cm³/mol. The molecule has 0 fully saturated rings. The largest absolute Gasteiger partial charge is 0.480 e. The van der Waals surface area contributed by atoms with E-state index in [9.17, 15) is 32.7 Å². The third-order valence-electron chi connectivity index (χ3n) is 3.87. The van der Waals surface area contributed by atoms with Crippen molar-refractivity contribution in [2.75, 3.05) is 7.11 Å². The molecular weight excluding hydrogens is 379 g/mol. The van der Waals surface area contributed by atoms with Gasteiger partial charge in [-0.1, -0.05) is 18.2 Å². The van der Waals surface area contributed by atoms with Crippen molar-refractivity contribution in [3.05, 3.63) is 70.8 Å². The Hall–Kier alpha value is -3.36. The second-order valence-electron chi connectivity index (χ2n) is 5.84. The highest BCUT2D eigenvalue weighted by atomic mass is 19.4. The summed E-state index contributed by atoms with van der Waals surface area (Å²) in [5.74, 6) is -2.75. The van der Waals surface area contributed by atoms with Gasteiger partial charge in [0.2, 0.25) is 0 Å². The third-order valence-corrected chi connectivity index (χ3v) is 3.87. The standard InChI is InChI=1S/C19H16F3NO5/c1-28-18(27)13-4-2-3-12(10-13)16(24)23-15(17(25)26)9-11-5-7-14(8-6-11)19(20,21)22/h2-8,10,15H,9H2,1H3,(H,23,24)(H,25,26)/t15-/m1/s1. The molecule has 28 heavy (non-hydrogen) atoms. The summed E-state index contributed by atoms with van der Waals surface area (Å²) in [7, 11) is 1.18. The van der Waals surface area contributed by atoms with E-state index in [1.807, 2.05) is 0 Å². The Morgan fingerprint density at radius 2 is 1.68 bits per heavy atom. The van der Waals surface area contributed by atoms with Gasteiger partial charge in [0.25, 0.3) is 5.91 Å². The molecule has 0 heterocycles. The summed E-state index contributed by atoms with van der Waals surface area (Å²) < 4.78 is 42.4. The minimum absolute atomic E-state index is 0.0431. The Bertz CT molecular complexity index is 878. The fraction of sp³-hybridized carbons (Fsp3) is 0.211. The van der Waals surface area contributed by atoms with Gasteiger partial charge in [0.15, 0.2) is 0 Å². The number of alkyl halides is 3. The molecule has 2 aromatic carbocycles. The number of carbonyl (C=O) groups is 3. The average molecular weight is 395 g/mol. The molecule has 2 aromatic rings. The zero-order valence-corrected chi connectivity index (χ0v) is 14.6. The number of amides is 1. The van der Waals surface area contributed by atoms with Crippen molar-refractivity contribution in [3.63, 3.8) is 0 Å². The van der Waals surface area contributed by atoms with Crippen molar-refractivity contribution < 1.29 is 37.4 Å². The second kappa shape index (κ2) is 8.55. The van der Waals surface area contributed by atoms with E-state index in [1.54, 1.807) is 0 Å². The van der Waals surface area contributed by atoms with Gasteiger partial charge < -0.3 is 15.2 Å². The van der Waals surface area contributed by atoms with E-state index in [4.69, 9.17) is 0 Å². The van der Waals surface area contributed by atoms with E-state index < -0.39 is 35.6 Å². The number of carboxylic acid groups (broad SMARTS) is 1. The monoisotopic (exact) mass is 395 g/mol. The number of halogens is 3. The van der Waals surface area contributed by atoms with Crippen LogP contribution in [0.3, 0.4) is 0 Å². The lowest BCUT2D eigenvalue weighted by Crippen LogP contribution is -2.42. The molecule has 0 radical (unpaired) electrons. The van der Waals surface area contributed by atoms with Crippen LogP contribution in [0.2, 0.25) is 0 Å². The highest BCUT2D eigenvalue weighted by Gasteiger charge is 2.30. The maximum Gasteiger partial charge on any atom is 0.416 e. The molecular formula is C19H16F3NO5. The first-order valence-corrected chi connectivity index (χ1v) is 8.00. The normalized spacial score (nSPS) is 12.1. The van der Waals surface area contributed by atoms with Crippen molar-refractivity contribution >= 4 is 17.8 Å². The summed E-state index contributed by atoms with van der Waals surface area (Å²) in [6.07, 6.45) is -4.71. The summed E-state index contributed by atoms with van der Waals surface area (Å²) in [6.45, 7) is 0. The molecule has 1 amide bonds. The Morgan fingerprint density at radius 3 is 2.21 bits per heavy atom. The van der Waals surface area contributed by atoms with E-state index in [1.165, 1.54) is 31.4 Å². The van der Waals surface area contributed by atoms with Crippen LogP contribution in [0.25, 0.3) is 0 Å². The quantitative estimate of drug-likeness (QED) is 0.734. The van der Waals surface area contributed by atoms with Gasteiger partial charge in [0.1, 0.15) is 6.04 Å². The number of ether oxygens (including phenoxy) is 1. The zero-order valence-electron chi connectivity index (χ0n) is 14.6. The molecule has 0 saturated carbocycles. The molecule has 0 bridgehead atoms. The molecule has 1 atom stereocenters. The number of hydrogen-bond acceptors (Lipinski definition) is 4. The number of benzene rings is 2. The van der Waals surface area contributed by atoms with Gasteiger partial charge in [0, 0.05) is 12.0 Å². The fourth-order valence-electron chi connectivity index (χ4n) is 2.41. The summed E-state index contributed by atoms with van der Waals surface area (Å²) in [4.78, 5) is 35.3. The van der Waals surface area contributed by atoms with Crippen molar-refractivity contribution in [2.24, 2.45) is 0 Å². The van der Waals surface area contributed by atoms with Crippen LogP contribution < -0.4 is 5.32 Å². The molecule has 0 saturated heterocycles. The van der Waals surface area contributed by atoms with Crippen LogP contribution in [-0.2, 0) is 22.1 Å². The van der Waals surface area contributed by atoms with Crippen LogP contribution >= 0.6 is 0 Å². The lowest BCUT2D eigenvalue weighted by Gasteiger charge is -2.15. The predicted octanol–water partition coefficient (Wildman–Crippen LogP) is 2.92. The zero-order chi connectivity index (χ0) is 20.9. The van der Waals surface area contributed by atoms with Crippen LogP contribution in [0, 0.1) is 0 Å².